The number of allylic oxidation sites excluding steroid dienone is 1. The van der Waals surface area contributed by atoms with E-state index in [0.29, 0.717) is 18.6 Å². The van der Waals surface area contributed by atoms with E-state index in [1.165, 1.54) is 12.8 Å². The lowest BCUT2D eigenvalue weighted by Crippen LogP contribution is -2.34. The SMILES string of the molecule is CCCCOC(=O)/C=C/CCCCNC(CCC(C)C)C(C)C. The zero-order chi connectivity index (χ0) is 17.5. The van der Waals surface area contributed by atoms with Crippen LogP contribution in [0.3, 0.4) is 0 Å². The van der Waals surface area contributed by atoms with Crippen molar-refractivity contribution < 1.29 is 9.53 Å². The monoisotopic (exact) mass is 325 g/mol. The second kappa shape index (κ2) is 14.7. The number of carbonyl (C=O) groups is 1. The van der Waals surface area contributed by atoms with Gasteiger partial charge in [0.1, 0.15) is 0 Å². The minimum Gasteiger partial charge on any atom is -0.463 e. The molecule has 0 amide bonds. The zero-order valence-electron chi connectivity index (χ0n) is 16.1. The molecular formula is C20H39NO2. The van der Waals surface area contributed by atoms with E-state index in [0.717, 1.165) is 44.6 Å². The van der Waals surface area contributed by atoms with Gasteiger partial charge in [-0.25, -0.2) is 4.79 Å². The van der Waals surface area contributed by atoms with Gasteiger partial charge in [0.25, 0.3) is 0 Å². The summed E-state index contributed by atoms with van der Waals surface area (Å²) in [6, 6.07) is 0.626. The van der Waals surface area contributed by atoms with Crippen LogP contribution in [0.2, 0.25) is 0 Å². The van der Waals surface area contributed by atoms with Crippen LogP contribution >= 0.6 is 0 Å². The van der Waals surface area contributed by atoms with Gasteiger partial charge in [-0.3, -0.25) is 0 Å². The molecule has 0 bridgehead atoms. The van der Waals surface area contributed by atoms with Crippen molar-refractivity contribution in [2.75, 3.05) is 13.2 Å². The fourth-order valence-corrected chi connectivity index (χ4v) is 2.40. The number of ether oxygens (including phenoxy) is 1. The van der Waals surface area contributed by atoms with Crippen molar-refractivity contribution in [1.29, 1.82) is 0 Å². The lowest BCUT2D eigenvalue weighted by atomic mass is 9.95. The molecular weight excluding hydrogens is 286 g/mol. The number of unbranched alkanes of at least 4 members (excludes halogenated alkanes) is 3. The molecule has 0 radical (unpaired) electrons. The number of esters is 1. The summed E-state index contributed by atoms with van der Waals surface area (Å²) in [7, 11) is 0. The molecule has 0 aromatic heterocycles. The Kier molecular flexibility index (Phi) is 14.2. The van der Waals surface area contributed by atoms with Crippen molar-refractivity contribution in [3.63, 3.8) is 0 Å². The molecule has 1 N–H and O–H groups in total. The number of rotatable bonds is 14. The van der Waals surface area contributed by atoms with Gasteiger partial charge in [0.05, 0.1) is 6.61 Å². The molecule has 0 heterocycles. The van der Waals surface area contributed by atoms with Gasteiger partial charge in [0.2, 0.25) is 0 Å². The fraction of sp³-hybridized carbons (Fsp3) is 0.850. The summed E-state index contributed by atoms with van der Waals surface area (Å²) in [6.07, 6.45) is 11.3. The van der Waals surface area contributed by atoms with E-state index in [9.17, 15) is 4.79 Å². The van der Waals surface area contributed by atoms with Gasteiger partial charge in [-0.2, -0.15) is 0 Å². The molecule has 1 atom stereocenters. The van der Waals surface area contributed by atoms with Crippen molar-refractivity contribution in [3.05, 3.63) is 12.2 Å². The van der Waals surface area contributed by atoms with E-state index in [2.05, 4.69) is 39.9 Å². The highest BCUT2D eigenvalue weighted by Crippen LogP contribution is 2.13. The number of carbonyl (C=O) groups excluding carboxylic acids is 1. The van der Waals surface area contributed by atoms with Crippen molar-refractivity contribution >= 4 is 5.97 Å². The minimum atomic E-state index is -0.204. The van der Waals surface area contributed by atoms with Crippen molar-refractivity contribution in [2.45, 2.75) is 85.6 Å². The first-order chi connectivity index (χ1) is 11.0. The van der Waals surface area contributed by atoms with Crippen LogP contribution in [0.1, 0.15) is 79.6 Å². The molecule has 0 fully saturated rings. The molecule has 0 saturated carbocycles. The molecule has 3 heteroatoms. The number of hydrogen-bond donors (Lipinski definition) is 1. The minimum absolute atomic E-state index is 0.204. The first kappa shape index (κ1) is 22.2. The summed E-state index contributed by atoms with van der Waals surface area (Å²) >= 11 is 0. The molecule has 0 aromatic rings. The van der Waals surface area contributed by atoms with Crippen molar-refractivity contribution in [2.24, 2.45) is 11.8 Å². The van der Waals surface area contributed by atoms with Crippen LogP contribution in [0, 0.1) is 11.8 Å². The Labute approximate surface area is 144 Å². The molecule has 0 aliphatic heterocycles. The van der Waals surface area contributed by atoms with Crippen LogP contribution in [0.25, 0.3) is 0 Å². The second-order valence-electron chi connectivity index (χ2n) is 7.20. The van der Waals surface area contributed by atoms with Crippen LogP contribution in [-0.4, -0.2) is 25.2 Å². The summed E-state index contributed by atoms with van der Waals surface area (Å²) in [6.45, 7) is 12.9. The zero-order valence-corrected chi connectivity index (χ0v) is 16.1. The van der Waals surface area contributed by atoms with Crippen LogP contribution in [-0.2, 0) is 9.53 Å². The molecule has 0 aliphatic rings. The summed E-state index contributed by atoms with van der Waals surface area (Å²) in [5.41, 5.74) is 0. The Bertz CT molecular complexity index is 311. The molecule has 0 saturated heterocycles. The van der Waals surface area contributed by atoms with Gasteiger partial charge in [0.15, 0.2) is 0 Å². The largest absolute Gasteiger partial charge is 0.463 e. The first-order valence-electron chi connectivity index (χ1n) is 9.54. The average molecular weight is 326 g/mol. The van der Waals surface area contributed by atoms with Gasteiger partial charge in [-0.15, -0.1) is 0 Å². The molecule has 136 valence electrons. The van der Waals surface area contributed by atoms with E-state index >= 15 is 0 Å². The lowest BCUT2D eigenvalue weighted by Gasteiger charge is -2.23. The number of nitrogens with one attached hydrogen (secondary N) is 1. The van der Waals surface area contributed by atoms with Crippen molar-refractivity contribution in [1.82, 2.24) is 5.32 Å². The van der Waals surface area contributed by atoms with Gasteiger partial charge in [-0.05, 0) is 56.9 Å². The Morgan fingerprint density at radius 2 is 1.83 bits per heavy atom. The molecule has 0 spiro atoms. The van der Waals surface area contributed by atoms with Gasteiger partial charge < -0.3 is 10.1 Å². The van der Waals surface area contributed by atoms with Gasteiger partial charge in [-0.1, -0.05) is 47.1 Å². The third-order valence-corrected chi connectivity index (χ3v) is 4.06. The van der Waals surface area contributed by atoms with E-state index in [4.69, 9.17) is 4.74 Å². The van der Waals surface area contributed by atoms with Gasteiger partial charge in [0, 0.05) is 12.1 Å². The van der Waals surface area contributed by atoms with Crippen LogP contribution < -0.4 is 5.32 Å². The van der Waals surface area contributed by atoms with Crippen molar-refractivity contribution in [3.8, 4) is 0 Å². The number of hydrogen-bond acceptors (Lipinski definition) is 3. The topological polar surface area (TPSA) is 38.3 Å². The molecule has 0 rings (SSSR count). The Morgan fingerprint density at radius 1 is 1.09 bits per heavy atom. The standard InChI is InChI=1S/C20H39NO2/c1-6-7-16-23-20(22)12-10-8-9-11-15-21-19(18(4)5)14-13-17(2)3/h10,12,17-19,21H,6-9,11,13-16H2,1-5H3/b12-10+. The maximum atomic E-state index is 11.4. The first-order valence-corrected chi connectivity index (χ1v) is 9.54. The molecule has 0 aromatic carbocycles. The van der Waals surface area contributed by atoms with E-state index in [1.54, 1.807) is 6.08 Å². The quantitative estimate of drug-likeness (QED) is 0.274. The Hall–Kier alpha value is -0.830. The predicted octanol–water partition coefficient (Wildman–Crippen LogP) is 5.11. The third kappa shape index (κ3) is 14.5. The third-order valence-electron chi connectivity index (χ3n) is 4.06. The molecule has 3 nitrogen and oxygen atoms in total. The Balaban J connectivity index is 3.67. The highest BCUT2D eigenvalue weighted by molar-refractivity contribution is 5.81. The summed E-state index contributed by atoms with van der Waals surface area (Å²) in [5, 5.41) is 3.69. The maximum Gasteiger partial charge on any atom is 0.330 e. The molecule has 1 unspecified atom stereocenters. The normalized spacial score (nSPS) is 13.2. The van der Waals surface area contributed by atoms with Gasteiger partial charge >= 0.3 is 5.97 Å². The lowest BCUT2D eigenvalue weighted by molar-refractivity contribution is -0.137. The van der Waals surface area contributed by atoms with E-state index < -0.39 is 0 Å². The second-order valence-corrected chi connectivity index (χ2v) is 7.20. The highest BCUT2D eigenvalue weighted by Gasteiger charge is 2.12. The summed E-state index contributed by atoms with van der Waals surface area (Å²) < 4.78 is 5.08. The highest BCUT2D eigenvalue weighted by atomic mass is 16.5. The summed E-state index contributed by atoms with van der Waals surface area (Å²) in [5.74, 6) is 1.26. The average Bonchev–Trinajstić information content (AvgIpc) is 2.48. The smallest absolute Gasteiger partial charge is 0.330 e. The summed E-state index contributed by atoms with van der Waals surface area (Å²) in [4.78, 5) is 11.4. The van der Waals surface area contributed by atoms with E-state index in [1.807, 2.05) is 6.08 Å². The van der Waals surface area contributed by atoms with Crippen LogP contribution in [0.4, 0.5) is 0 Å². The fourth-order valence-electron chi connectivity index (χ4n) is 2.40. The predicted molar refractivity (Wildman–Crippen MR) is 99.6 cm³/mol. The maximum absolute atomic E-state index is 11.4. The van der Waals surface area contributed by atoms with Crippen LogP contribution in [0.15, 0.2) is 12.2 Å². The molecule has 0 aliphatic carbocycles. The molecule has 23 heavy (non-hydrogen) atoms. The Morgan fingerprint density at radius 3 is 2.43 bits per heavy atom. The van der Waals surface area contributed by atoms with E-state index in [-0.39, 0.29) is 5.97 Å². The van der Waals surface area contributed by atoms with Crippen LogP contribution in [0.5, 0.6) is 0 Å².